The molecule has 1 amide bonds. The summed E-state index contributed by atoms with van der Waals surface area (Å²) in [4.78, 5) is 25.2. The van der Waals surface area contributed by atoms with Gasteiger partial charge in [-0.3, -0.25) is 4.79 Å². The molecule has 0 aliphatic carbocycles. The summed E-state index contributed by atoms with van der Waals surface area (Å²) in [6, 6.07) is 17.3. The van der Waals surface area contributed by atoms with Crippen molar-refractivity contribution in [2.24, 2.45) is 0 Å². The maximum absolute atomic E-state index is 12.4. The van der Waals surface area contributed by atoms with E-state index >= 15 is 0 Å². The Balaban J connectivity index is 1.99. The van der Waals surface area contributed by atoms with Crippen LogP contribution in [0.4, 0.5) is 4.79 Å². The van der Waals surface area contributed by atoms with Gasteiger partial charge < -0.3 is 9.64 Å². The number of carbonyl (C=O) groups excluding carboxylic acids is 2. The smallest absolute Gasteiger partial charge is 0.410 e. The molecular weight excluding hydrogens is 370 g/mol. The second kappa shape index (κ2) is 9.23. The number of halogens is 1. The predicted molar refractivity (Wildman–Crippen MR) is 96.5 cm³/mol. The molecular formula is C19H20BrNO3. The van der Waals surface area contributed by atoms with Crippen molar-refractivity contribution < 1.29 is 14.3 Å². The minimum Gasteiger partial charge on any atom is -0.445 e. The van der Waals surface area contributed by atoms with E-state index in [1.807, 2.05) is 54.6 Å². The summed E-state index contributed by atoms with van der Waals surface area (Å²) in [7, 11) is 0. The van der Waals surface area contributed by atoms with Crippen LogP contribution in [0.5, 0.6) is 0 Å². The number of rotatable bonds is 7. The minimum absolute atomic E-state index is 0.0478. The molecule has 2 aromatic rings. The zero-order valence-corrected chi connectivity index (χ0v) is 15.2. The maximum Gasteiger partial charge on any atom is 0.410 e. The highest BCUT2D eigenvalue weighted by Crippen LogP contribution is 2.14. The average molecular weight is 390 g/mol. The maximum atomic E-state index is 12.4. The molecule has 126 valence electrons. The van der Waals surface area contributed by atoms with E-state index in [4.69, 9.17) is 4.74 Å². The molecule has 5 heteroatoms. The van der Waals surface area contributed by atoms with E-state index in [-0.39, 0.29) is 12.4 Å². The van der Waals surface area contributed by atoms with Gasteiger partial charge >= 0.3 is 6.09 Å². The Kier molecular flexibility index (Phi) is 7.00. The monoisotopic (exact) mass is 389 g/mol. The fourth-order valence-corrected chi connectivity index (χ4v) is 2.41. The molecule has 0 N–H and O–H groups in total. The van der Waals surface area contributed by atoms with Crippen LogP contribution in [0.3, 0.4) is 0 Å². The number of ether oxygens (including phenoxy) is 1. The number of ketones is 1. The van der Waals surface area contributed by atoms with Gasteiger partial charge in [-0.1, -0.05) is 58.4 Å². The molecule has 2 rings (SSSR count). The standard InChI is InChI=1S/C19H20BrNO3/c1-15(22)11-12-21(13-16-7-9-18(20)10-8-16)19(23)24-14-17-5-3-2-4-6-17/h2-10H,11-14H2,1H3. The van der Waals surface area contributed by atoms with Crippen LogP contribution in [0.15, 0.2) is 59.1 Å². The average Bonchev–Trinajstić information content (AvgIpc) is 2.59. The zero-order chi connectivity index (χ0) is 17.4. The normalized spacial score (nSPS) is 10.2. The number of benzene rings is 2. The number of carbonyl (C=O) groups is 2. The lowest BCUT2D eigenvalue weighted by atomic mass is 10.2. The summed E-state index contributed by atoms with van der Waals surface area (Å²) in [5.74, 6) is 0.0478. The number of amides is 1. The van der Waals surface area contributed by atoms with Crippen molar-refractivity contribution in [3.63, 3.8) is 0 Å². The van der Waals surface area contributed by atoms with Crippen molar-refractivity contribution >= 4 is 27.8 Å². The molecule has 0 atom stereocenters. The third-order valence-corrected chi connectivity index (χ3v) is 4.01. The molecule has 24 heavy (non-hydrogen) atoms. The first-order chi connectivity index (χ1) is 11.5. The number of Topliss-reactive ketones (excluding diaryl/α,β-unsaturated/α-hetero) is 1. The third kappa shape index (κ3) is 6.16. The first-order valence-corrected chi connectivity index (χ1v) is 8.53. The van der Waals surface area contributed by atoms with Gasteiger partial charge in [0.2, 0.25) is 0 Å². The van der Waals surface area contributed by atoms with Crippen molar-refractivity contribution in [1.29, 1.82) is 0 Å². The Morgan fingerprint density at radius 1 is 1.00 bits per heavy atom. The fourth-order valence-electron chi connectivity index (χ4n) is 2.15. The molecule has 4 nitrogen and oxygen atoms in total. The topological polar surface area (TPSA) is 46.6 Å². The summed E-state index contributed by atoms with van der Waals surface area (Å²) in [5.41, 5.74) is 1.92. The highest BCUT2D eigenvalue weighted by Gasteiger charge is 2.16. The van der Waals surface area contributed by atoms with E-state index in [0.717, 1.165) is 15.6 Å². The SMILES string of the molecule is CC(=O)CCN(Cc1ccc(Br)cc1)C(=O)OCc1ccccc1. The first kappa shape index (κ1) is 18.2. The van der Waals surface area contributed by atoms with Crippen LogP contribution < -0.4 is 0 Å². The third-order valence-electron chi connectivity index (χ3n) is 3.48. The molecule has 0 aliphatic rings. The summed E-state index contributed by atoms with van der Waals surface area (Å²) in [5, 5.41) is 0. The molecule has 2 aromatic carbocycles. The van der Waals surface area contributed by atoms with Gasteiger partial charge in [-0.2, -0.15) is 0 Å². The van der Waals surface area contributed by atoms with E-state index in [0.29, 0.717) is 19.5 Å². The van der Waals surface area contributed by atoms with Gasteiger partial charge in [-0.15, -0.1) is 0 Å². The fraction of sp³-hybridized carbons (Fsp3) is 0.263. The predicted octanol–water partition coefficient (Wildman–Crippen LogP) is 4.57. The highest BCUT2D eigenvalue weighted by molar-refractivity contribution is 9.10. The largest absolute Gasteiger partial charge is 0.445 e. The van der Waals surface area contributed by atoms with Gasteiger partial charge in [-0.25, -0.2) is 4.79 Å². The van der Waals surface area contributed by atoms with Gasteiger partial charge in [0, 0.05) is 24.0 Å². The molecule has 0 bridgehead atoms. The Morgan fingerprint density at radius 2 is 1.67 bits per heavy atom. The molecule has 0 spiro atoms. The quantitative estimate of drug-likeness (QED) is 0.696. The van der Waals surface area contributed by atoms with Gasteiger partial charge in [0.1, 0.15) is 12.4 Å². The van der Waals surface area contributed by atoms with Crippen LogP contribution in [-0.2, 0) is 22.7 Å². The Hall–Kier alpha value is -2.14. The minimum atomic E-state index is -0.414. The first-order valence-electron chi connectivity index (χ1n) is 7.74. The van der Waals surface area contributed by atoms with Gasteiger partial charge in [-0.05, 0) is 30.2 Å². The molecule has 0 unspecified atom stereocenters. The van der Waals surface area contributed by atoms with Gasteiger partial charge in [0.05, 0.1) is 0 Å². The number of hydrogen-bond donors (Lipinski definition) is 0. The number of hydrogen-bond acceptors (Lipinski definition) is 3. The lowest BCUT2D eigenvalue weighted by molar-refractivity contribution is -0.117. The van der Waals surface area contributed by atoms with Gasteiger partial charge in [0.25, 0.3) is 0 Å². The van der Waals surface area contributed by atoms with Crippen molar-refractivity contribution in [3.8, 4) is 0 Å². The lowest BCUT2D eigenvalue weighted by Crippen LogP contribution is -2.32. The molecule has 0 heterocycles. The lowest BCUT2D eigenvalue weighted by Gasteiger charge is -2.22. The van der Waals surface area contributed by atoms with Crippen molar-refractivity contribution in [2.45, 2.75) is 26.5 Å². The second-order valence-corrected chi connectivity index (χ2v) is 6.46. The van der Waals surface area contributed by atoms with Gasteiger partial charge in [0.15, 0.2) is 0 Å². The number of nitrogens with zero attached hydrogens (tertiary/aromatic N) is 1. The van der Waals surface area contributed by atoms with E-state index in [1.165, 1.54) is 6.92 Å². The Morgan fingerprint density at radius 3 is 2.29 bits per heavy atom. The van der Waals surface area contributed by atoms with E-state index < -0.39 is 6.09 Å². The molecule has 0 radical (unpaired) electrons. The molecule has 0 saturated heterocycles. The van der Waals surface area contributed by atoms with Crippen LogP contribution in [0.1, 0.15) is 24.5 Å². The Bertz CT molecular complexity index is 671. The summed E-state index contributed by atoms with van der Waals surface area (Å²) in [6.07, 6.45) is -0.0974. The van der Waals surface area contributed by atoms with Crippen molar-refractivity contribution in [1.82, 2.24) is 4.90 Å². The summed E-state index contributed by atoms with van der Waals surface area (Å²) >= 11 is 3.39. The molecule has 0 aromatic heterocycles. The second-order valence-electron chi connectivity index (χ2n) is 5.54. The van der Waals surface area contributed by atoms with Crippen LogP contribution in [0.25, 0.3) is 0 Å². The van der Waals surface area contributed by atoms with E-state index in [1.54, 1.807) is 4.90 Å². The van der Waals surface area contributed by atoms with Crippen LogP contribution in [0, 0.1) is 0 Å². The molecule has 0 fully saturated rings. The van der Waals surface area contributed by atoms with Crippen LogP contribution in [0.2, 0.25) is 0 Å². The molecule has 0 saturated carbocycles. The summed E-state index contributed by atoms with van der Waals surface area (Å²) in [6.45, 7) is 2.50. The van der Waals surface area contributed by atoms with Crippen molar-refractivity contribution in [2.75, 3.05) is 6.54 Å². The van der Waals surface area contributed by atoms with Crippen molar-refractivity contribution in [3.05, 3.63) is 70.2 Å². The highest BCUT2D eigenvalue weighted by atomic mass is 79.9. The van der Waals surface area contributed by atoms with E-state index in [9.17, 15) is 9.59 Å². The van der Waals surface area contributed by atoms with Crippen LogP contribution in [-0.4, -0.2) is 23.3 Å². The molecule has 0 aliphatic heterocycles. The van der Waals surface area contributed by atoms with E-state index in [2.05, 4.69) is 15.9 Å². The van der Waals surface area contributed by atoms with Crippen LogP contribution >= 0.6 is 15.9 Å². The zero-order valence-electron chi connectivity index (χ0n) is 13.6. The summed E-state index contributed by atoms with van der Waals surface area (Å²) < 4.78 is 6.36. The Labute approximate surface area is 150 Å².